The van der Waals surface area contributed by atoms with Gasteiger partial charge >= 0.3 is 0 Å². The quantitative estimate of drug-likeness (QED) is 0.908. The van der Waals surface area contributed by atoms with Crippen molar-refractivity contribution in [2.75, 3.05) is 25.0 Å². The summed E-state index contributed by atoms with van der Waals surface area (Å²) in [6.45, 7) is 10.5. The number of anilines is 1. The van der Waals surface area contributed by atoms with Crippen LogP contribution in [0.2, 0.25) is 0 Å². The number of benzene rings is 1. The average molecular weight is 304 g/mol. The van der Waals surface area contributed by atoms with Crippen LogP contribution < -0.4 is 5.32 Å². The fourth-order valence-electron chi connectivity index (χ4n) is 3.07. The summed E-state index contributed by atoms with van der Waals surface area (Å²) in [5, 5.41) is 3.08. The molecule has 1 N–H and O–H groups in total. The molecular formula is C18H28N2O2. The lowest BCUT2D eigenvalue weighted by molar-refractivity contribution is -0.121. The fourth-order valence-corrected chi connectivity index (χ4v) is 3.07. The van der Waals surface area contributed by atoms with Gasteiger partial charge in [-0.15, -0.1) is 0 Å². The maximum atomic E-state index is 12.4. The van der Waals surface area contributed by atoms with E-state index in [9.17, 15) is 4.79 Å². The minimum atomic E-state index is 0.0528. The largest absolute Gasteiger partial charge is 0.373 e. The van der Waals surface area contributed by atoms with Gasteiger partial charge in [-0.05, 0) is 37.8 Å². The molecule has 0 aliphatic carbocycles. The Labute approximate surface area is 133 Å². The molecule has 3 atom stereocenters. The van der Waals surface area contributed by atoms with E-state index in [1.165, 1.54) is 5.56 Å². The highest BCUT2D eigenvalue weighted by Gasteiger charge is 2.24. The third kappa shape index (κ3) is 4.55. The number of carbonyl (C=O) groups is 1. The molecule has 0 aromatic heterocycles. The summed E-state index contributed by atoms with van der Waals surface area (Å²) >= 11 is 0. The van der Waals surface area contributed by atoms with Crippen molar-refractivity contribution in [2.24, 2.45) is 0 Å². The van der Waals surface area contributed by atoms with Gasteiger partial charge in [-0.2, -0.15) is 0 Å². The first kappa shape index (κ1) is 17.0. The fraction of sp³-hybridized carbons (Fsp3) is 0.611. The van der Waals surface area contributed by atoms with Crippen LogP contribution in [0, 0.1) is 0 Å². The van der Waals surface area contributed by atoms with E-state index in [-0.39, 0.29) is 18.1 Å². The second-order valence-corrected chi connectivity index (χ2v) is 6.40. The number of nitrogens with zero attached hydrogens (tertiary/aromatic N) is 1. The van der Waals surface area contributed by atoms with Gasteiger partial charge in [-0.25, -0.2) is 0 Å². The molecule has 0 bridgehead atoms. The maximum Gasteiger partial charge on any atom is 0.238 e. The van der Waals surface area contributed by atoms with Crippen molar-refractivity contribution < 1.29 is 9.53 Å². The highest BCUT2D eigenvalue weighted by Crippen LogP contribution is 2.26. The zero-order valence-corrected chi connectivity index (χ0v) is 14.1. The molecule has 1 amide bonds. The predicted octanol–water partition coefficient (Wildman–Crippen LogP) is 3.25. The van der Waals surface area contributed by atoms with Crippen molar-refractivity contribution in [1.29, 1.82) is 0 Å². The average Bonchev–Trinajstić information content (AvgIpc) is 2.45. The molecule has 1 aliphatic rings. The number of morpholine rings is 1. The lowest BCUT2D eigenvalue weighted by atomic mass is 9.97. The zero-order valence-electron chi connectivity index (χ0n) is 14.1. The molecule has 1 heterocycles. The molecule has 1 aliphatic heterocycles. The van der Waals surface area contributed by atoms with E-state index in [1.54, 1.807) is 0 Å². The molecule has 4 heteroatoms. The van der Waals surface area contributed by atoms with E-state index < -0.39 is 0 Å². The van der Waals surface area contributed by atoms with Crippen LogP contribution >= 0.6 is 0 Å². The number of ether oxygens (including phenoxy) is 1. The van der Waals surface area contributed by atoms with Gasteiger partial charge in [0.05, 0.1) is 18.8 Å². The van der Waals surface area contributed by atoms with E-state index in [1.807, 2.05) is 18.2 Å². The van der Waals surface area contributed by atoms with E-state index in [2.05, 4.69) is 44.0 Å². The maximum absolute atomic E-state index is 12.4. The first-order valence-electron chi connectivity index (χ1n) is 8.26. The number of hydrogen-bond donors (Lipinski definition) is 1. The van der Waals surface area contributed by atoms with Gasteiger partial charge < -0.3 is 10.1 Å². The Morgan fingerprint density at radius 3 is 2.59 bits per heavy atom. The SMILES string of the molecule is CCC(C)c1ccccc1NC(=O)CN1CC(C)OC(C)C1. The molecule has 3 unspecified atom stereocenters. The zero-order chi connectivity index (χ0) is 16.1. The Hall–Kier alpha value is -1.39. The molecule has 1 fully saturated rings. The minimum absolute atomic E-state index is 0.0528. The highest BCUT2D eigenvalue weighted by atomic mass is 16.5. The summed E-state index contributed by atoms with van der Waals surface area (Å²) < 4.78 is 5.71. The van der Waals surface area contributed by atoms with Crippen molar-refractivity contribution in [3.05, 3.63) is 29.8 Å². The van der Waals surface area contributed by atoms with E-state index >= 15 is 0 Å². The van der Waals surface area contributed by atoms with Crippen LogP contribution in [0.5, 0.6) is 0 Å². The topological polar surface area (TPSA) is 41.6 Å². The van der Waals surface area contributed by atoms with Gasteiger partial charge in [-0.1, -0.05) is 32.0 Å². The number of rotatable bonds is 5. The first-order chi connectivity index (χ1) is 10.5. The molecule has 22 heavy (non-hydrogen) atoms. The molecule has 2 rings (SSSR count). The van der Waals surface area contributed by atoms with Crippen LogP contribution in [0.4, 0.5) is 5.69 Å². The van der Waals surface area contributed by atoms with Crippen LogP contribution in [-0.2, 0) is 9.53 Å². The van der Waals surface area contributed by atoms with Crippen molar-refractivity contribution in [3.63, 3.8) is 0 Å². The van der Waals surface area contributed by atoms with Gasteiger partial charge in [0.1, 0.15) is 0 Å². The summed E-state index contributed by atoms with van der Waals surface area (Å²) in [7, 11) is 0. The standard InChI is InChI=1S/C18H28N2O2/c1-5-13(2)16-8-6-7-9-17(16)19-18(21)12-20-10-14(3)22-15(4)11-20/h6-9,13-15H,5,10-12H2,1-4H3,(H,19,21). The lowest BCUT2D eigenvalue weighted by Gasteiger charge is -2.34. The monoisotopic (exact) mass is 304 g/mol. The normalized spacial score (nSPS) is 24.0. The Morgan fingerprint density at radius 2 is 1.95 bits per heavy atom. The molecule has 0 spiro atoms. The Balaban J connectivity index is 1.97. The first-order valence-corrected chi connectivity index (χ1v) is 8.26. The predicted molar refractivity (Wildman–Crippen MR) is 90.2 cm³/mol. The molecule has 1 saturated heterocycles. The summed E-state index contributed by atoms with van der Waals surface area (Å²) in [5.41, 5.74) is 2.15. The molecule has 0 radical (unpaired) electrons. The Morgan fingerprint density at radius 1 is 1.32 bits per heavy atom. The van der Waals surface area contributed by atoms with Crippen molar-refractivity contribution in [3.8, 4) is 0 Å². The summed E-state index contributed by atoms with van der Waals surface area (Å²) in [5.74, 6) is 0.497. The Bertz CT molecular complexity index is 494. The molecule has 122 valence electrons. The molecule has 1 aromatic carbocycles. The van der Waals surface area contributed by atoms with Crippen LogP contribution in [-0.4, -0.2) is 42.6 Å². The van der Waals surface area contributed by atoms with Gasteiger partial charge in [0.15, 0.2) is 0 Å². The van der Waals surface area contributed by atoms with Crippen molar-refractivity contribution in [1.82, 2.24) is 4.90 Å². The van der Waals surface area contributed by atoms with Crippen molar-refractivity contribution >= 4 is 11.6 Å². The van der Waals surface area contributed by atoms with Crippen LogP contribution in [0.25, 0.3) is 0 Å². The third-order valence-corrected chi connectivity index (χ3v) is 4.24. The van der Waals surface area contributed by atoms with Crippen LogP contribution in [0.15, 0.2) is 24.3 Å². The minimum Gasteiger partial charge on any atom is -0.373 e. The van der Waals surface area contributed by atoms with E-state index in [0.717, 1.165) is 25.2 Å². The smallest absolute Gasteiger partial charge is 0.238 e. The number of hydrogen-bond acceptors (Lipinski definition) is 3. The number of carbonyl (C=O) groups excluding carboxylic acids is 1. The summed E-state index contributed by atoms with van der Waals surface area (Å²) in [6.07, 6.45) is 1.43. The summed E-state index contributed by atoms with van der Waals surface area (Å²) in [4.78, 5) is 14.5. The lowest BCUT2D eigenvalue weighted by Crippen LogP contribution is -2.48. The third-order valence-electron chi connectivity index (χ3n) is 4.24. The number of para-hydroxylation sites is 1. The molecule has 4 nitrogen and oxygen atoms in total. The van der Waals surface area contributed by atoms with Crippen molar-refractivity contribution in [2.45, 2.75) is 52.2 Å². The second kappa shape index (κ2) is 7.75. The molecular weight excluding hydrogens is 276 g/mol. The molecule has 1 aromatic rings. The van der Waals surface area contributed by atoms with Gasteiger partial charge in [-0.3, -0.25) is 9.69 Å². The van der Waals surface area contributed by atoms with Gasteiger partial charge in [0.2, 0.25) is 5.91 Å². The summed E-state index contributed by atoms with van der Waals surface area (Å²) in [6, 6.07) is 8.09. The highest BCUT2D eigenvalue weighted by molar-refractivity contribution is 5.93. The second-order valence-electron chi connectivity index (χ2n) is 6.40. The Kier molecular flexibility index (Phi) is 5.98. The molecule has 0 saturated carbocycles. The number of nitrogens with one attached hydrogen (secondary N) is 1. The van der Waals surface area contributed by atoms with E-state index in [4.69, 9.17) is 4.74 Å². The van der Waals surface area contributed by atoms with Gasteiger partial charge in [0, 0.05) is 18.8 Å². The van der Waals surface area contributed by atoms with Gasteiger partial charge in [0.25, 0.3) is 0 Å². The van der Waals surface area contributed by atoms with Crippen LogP contribution in [0.1, 0.15) is 45.6 Å². The van der Waals surface area contributed by atoms with Crippen LogP contribution in [0.3, 0.4) is 0 Å². The number of amides is 1. The van der Waals surface area contributed by atoms with E-state index in [0.29, 0.717) is 12.5 Å².